The molecule has 2 rings (SSSR count). The van der Waals surface area contributed by atoms with Gasteiger partial charge in [0.15, 0.2) is 0 Å². The molecule has 0 amide bonds. The van der Waals surface area contributed by atoms with E-state index in [0.29, 0.717) is 5.56 Å². The van der Waals surface area contributed by atoms with E-state index in [9.17, 15) is 4.39 Å². The molecule has 2 aromatic rings. The molecule has 0 saturated heterocycles. The van der Waals surface area contributed by atoms with Crippen LogP contribution in [0.15, 0.2) is 12.1 Å². The van der Waals surface area contributed by atoms with Crippen LogP contribution in [0.4, 0.5) is 4.39 Å². The molecule has 1 aromatic heterocycles. The van der Waals surface area contributed by atoms with Crippen molar-refractivity contribution in [3.8, 4) is 0 Å². The van der Waals surface area contributed by atoms with Crippen LogP contribution in [-0.2, 0) is 12.5 Å². The second-order valence-corrected chi connectivity index (χ2v) is 5.34. The number of benzene rings is 1. The lowest BCUT2D eigenvalue weighted by molar-refractivity contribution is 0.557. The van der Waals surface area contributed by atoms with Gasteiger partial charge in [0, 0.05) is 17.8 Å². The Balaban J connectivity index is 2.84. The fraction of sp³-hybridized carbons (Fsp3) is 0.462. The van der Waals surface area contributed by atoms with Crippen molar-refractivity contribution in [3.63, 3.8) is 0 Å². The third-order valence-electron chi connectivity index (χ3n) is 2.84. The van der Waals surface area contributed by atoms with Crippen molar-refractivity contribution in [2.24, 2.45) is 7.05 Å². The number of aromatic nitrogens is 2. The van der Waals surface area contributed by atoms with Crippen LogP contribution in [0.5, 0.6) is 0 Å². The van der Waals surface area contributed by atoms with Gasteiger partial charge in [0.05, 0.1) is 11.2 Å². The number of halogens is 1. The molecular weight excluding hydrogens is 203 g/mol. The number of hydrogen-bond acceptors (Lipinski definition) is 1. The molecule has 0 N–H and O–H groups in total. The van der Waals surface area contributed by atoms with Gasteiger partial charge in [-0.2, -0.15) is 5.10 Å². The third-order valence-corrected chi connectivity index (χ3v) is 2.84. The summed E-state index contributed by atoms with van der Waals surface area (Å²) in [5.74, 6) is -0.161. The van der Waals surface area contributed by atoms with E-state index >= 15 is 0 Å². The summed E-state index contributed by atoms with van der Waals surface area (Å²) in [6, 6.07) is 3.45. The monoisotopic (exact) mass is 220 g/mol. The second kappa shape index (κ2) is 3.30. The fourth-order valence-corrected chi connectivity index (χ4v) is 1.94. The normalized spacial score (nSPS) is 12.4. The maximum Gasteiger partial charge on any atom is 0.126 e. The van der Waals surface area contributed by atoms with Gasteiger partial charge in [-0.3, -0.25) is 4.68 Å². The Hall–Kier alpha value is -1.38. The number of nitrogens with zero attached hydrogens (tertiary/aromatic N) is 2. The zero-order valence-corrected chi connectivity index (χ0v) is 10.4. The zero-order chi connectivity index (χ0) is 12.1. The van der Waals surface area contributed by atoms with Crippen LogP contribution in [0.25, 0.3) is 10.9 Å². The van der Waals surface area contributed by atoms with Gasteiger partial charge in [0.25, 0.3) is 0 Å². The van der Waals surface area contributed by atoms with E-state index in [1.165, 1.54) is 0 Å². The quantitative estimate of drug-likeness (QED) is 0.666. The highest BCUT2D eigenvalue weighted by Crippen LogP contribution is 2.30. The maximum atomic E-state index is 13.6. The van der Waals surface area contributed by atoms with Gasteiger partial charge in [-0.25, -0.2) is 4.39 Å². The molecule has 0 aliphatic rings. The predicted molar refractivity (Wildman–Crippen MR) is 64.1 cm³/mol. The van der Waals surface area contributed by atoms with Crippen molar-refractivity contribution in [1.29, 1.82) is 0 Å². The first kappa shape index (κ1) is 11.1. The Morgan fingerprint density at radius 1 is 1.25 bits per heavy atom. The minimum atomic E-state index is -0.161. The van der Waals surface area contributed by atoms with Crippen molar-refractivity contribution >= 4 is 10.9 Å². The summed E-state index contributed by atoms with van der Waals surface area (Å²) < 4.78 is 15.4. The van der Waals surface area contributed by atoms with Crippen LogP contribution in [0.2, 0.25) is 0 Å². The van der Waals surface area contributed by atoms with Crippen LogP contribution >= 0.6 is 0 Å². The number of fused-ring (bicyclic) bond motifs is 1. The highest BCUT2D eigenvalue weighted by molar-refractivity contribution is 5.83. The standard InChI is InChI=1S/C13H17FN2/c1-8-6-11-9(7-10(8)14)12(13(2,3)4)15-16(11)5/h6-7H,1-5H3. The number of aryl methyl sites for hydroxylation is 2. The lowest BCUT2D eigenvalue weighted by atomic mass is 9.90. The average Bonchev–Trinajstić information content (AvgIpc) is 2.45. The summed E-state index contributed by atoms with van der Waals surface area (Å²) in [6.45, 7) is 8.05. The highest BCUT2D eigenvalue weighted by Gasteiger charge is 2.22. The van der Waals surface area contributed by atoms with Gasteiger partial charge in [0.1, 0.15) is 5.82 Å². The zero-order valence-electron chi connectivity index (χ0n) is 10.4. The molecule has 0 aliphatic heterocycles. The molecule has 0 saturated carbocycles. The Labute approximate surface area is 95.1 Å². The van der Waals surface area contributed by atoms with E-state index < -0.39 is 0 Å². The van der Waals surface area contributed by atoms with E-state index in [1.54, 1.807) is 13.0 Å². The van der Waals surface area contributed by atoms with E-state index in [4.69, 9.17) is 0 Å². The SMILES string of the molecule is Cc1cc2c(cc1F)c(C(C)(C)C)nn2C. The summed E-state index contributed by atoms with van der Waals surface area (Å²) in [6.07, 6.45) is 0. The van der Waals surface area contributed by atoms with E-state index in [1.807, 2.05) is 17.8 Å². The molecule has 0 radical (unpaired) electrons. The summed E-state index contributed by atoms with van der Waals surface area (Å²) in [5.41, 5.74) is 2.53. The molecule has 0 spiro atoms. The molecule has 0 aliphatic carbocycles. The van der Waals surface area contributed by atoms with Crippen molar-refractivity contribution in [2.75, 3.05) is 0 Å². The highest BCUT2D eigenvalue weighted by atomic mass is 19.1. The maximum absolute atomic E-state index is 13.6. The van der Waals surface area contributed by atoms with Gasteiger partial charge in [0.2, 0.25) is 0 Å². The summed E-state index contributed by atoms with van der Waals surface area (Å²) in [4.78, 5) is 0. The van der Waals surface area contributed by atoms with Gasteiger partial charge >= 0.3 is 0 Å². The van der Waals surface area contributed by atoms with Crippen molar-refractivity contribution < 1.29 is 4.39 Å². The van der Waals surface area contributed by atoms with Crippen LogP contribution in [0.1, 0.15) is 32.0 Å². The van der Waals surface area contributed by atoms with Crippen LogP contribution in [-0.4, -0.2) is 9.78 Å². The molecule has 3 heteroatoms. The molecule has 0 fully saturated rings. The Bertz CT molecular complexity index is 547. The van der Waals surface area contributed by atoms with Crippen LogP contribution < -0.4 is 0 Å². The van der Waals surface area contributed by atoms with Gasteiger partial charge in [-0.05, 0) is 24.6 Å². The summed E-state index contributed by atoms with van der Waals surface area (Å²) in [7, 11) is 1.90. The topological polar surface area (TPSA) is 17.8 Å². The molecule has 1 heterocycles. The third kappa shape index (κ3) is 1.60. The van der Waals surface area contributed by atoms with Gasteiger partial charge < -0.3 is 0 Å². The lowest BCUT2D eigenvalue weighted by Crippen LogP contribution is -2.12. The van der Waals surface area contributed by atoms with Crippen molar-refractivity contribution in [2.45, 2.75) is 33.1 Å². The first-order valence-electron chi connectivity index (χ1n) is 5.44. The molecular formula is C13H17FN2. The Morgan fingerprint density at radius 3 is 2.44 bits per heavy atom. The van der Waals surface area contributed by atoms with Gasteiger partial charge in [-0.15, -0.1) is 0 Å². The predicted octanol–water partition coefficient (Wildman–Crippen LogP) is 3.32. The molecule has 2 nitrogen and oxygen atoms in total. The molecule has 1 aromatic carbocycles. The average molecular weight is 220 g/mol. The van der Waals surface area contributed by atoms with Crippen LogP contribution in [0.3, 0.4) is 0 Å². The molecule has 0 atom stereocenters. The smallest absolute Gasteiger partial charge is 0.126 e. The van der Waals surface area contributed by atoms with Crippen molar-refractivity contribution in [1.82, 2.24) is 9.78 Å². The Morgan fingerprint density at radius 2 is 1.88 bits per heavy atom. The first-order chi connectivity index (χ1) is 7.30. The minimum absolute atomic E-state index is 0.0682. The lowest BCUT2D eigenvalue weighted by Gasteiger charge is -2.15. The summed E-state index contributed by atoms with van der Waals surface area (Å²) >= 11 is 0. The molecule has 0 bridgehead atoms. The van der Waals surface area contributed by atoms with E-state index in [-0.39, 0.29) is 11.2 Å². The molecule has 16 heavy (non-hydrogen) atoms. The van der Waals surface area contributed by atoms with E-state index in [2.05, 4.69) is 25.9 Å². The second-order valence-electron chi connectivity index (χ2n) is 5.34. The number of hydrogen-bond donors (Lipinski definition) is 0. The fourth-order valence-electron chi connectivity index (χ4n) is 1.94. The molecule has 0 unspecified atom stereocenters. The Kier molecular flexibility index (Phi) is 2.30. The summed E-state index contributed by atoms with van der Waals surface area (Å²) in [5, 5.41) is 5.41. The van der Waals surface area contributed by atoms with E-state index in [0.717, 1.165) is 16.6 Å². The van der Waals surface area contributed by atoms with Crippen LogP contribution in [0, 0.1) is 12.7 Å². The first-order valence-corrected chi connectivity index (χ1v) is 5.44. The van der Waals surface area contributed by atoms with Crippen molar-refractivity contribution in [3.05, 3.63) is 29.2 Å². The minimum Gasteiger partial charge on any atom is -0.268 e. The van der Waals surface area contributed by atoms with Gasteiger partial charge in [-0.1, -0.05) is 20.8 Å². The number of rotatable bonds is 0. The molecule has 86 valence electrons. The largest absolute Gasteiger partial charge is 0.268 e.